The Balaban J connectivity index is 2.16. The van der Waals surface area contributed by atoms with Crippen LogP contribution in [0.25, 0.3) is 11.3 Å². The quantitative estimate of drug-likeness (QED) is 0.557. The summed E-state index contributed by atoms with van der Waals surface area (Å²) in [6, 6.07) is 4.21. The minimum absolute atomic E-state index is 0.0159. The van der Waals surface area contributed by atoms with Crippen LogP contribution in [-0.4, -0.2) is 58.3 Å². The third-order valence-corrected chi connectivity index (χ3v) is 4.14. The summed E-state index contributed by atoms with van der Waals surface area (Å²) in [4.78, 5) is 26.1. The number of aryl methyl sites for hydroxylation is 1. The first kappa shape index (κ1) is 17.2. The van der Waals surface area contributed by atoms with Gasteiger partial charge in [-0.05, 0) is 12.1 Å². The summed E-state index contributed by atoms with van der Waals surface area (Å²) >= 11 is 5.95. The Morgan fingerprint density at radius 2 is 2.00 bits per heavy atom. The van der Waals surface area contributed by atoms with Crippen LogP contribution in [-0.2, 0) is 11.8 Å². The van der Waals surface area contributed by atoms with E-state index in [0.717, 1.165) is 0 Å². The van der Waals surface area contributed by atoms with Crippen LogP contribution < -0.4 is 15.4 Å². The monoisotopic (exact) mass is 434 g/mol. The Morgan fingerprint density at radius 3 is 2.63 bits per heavy atom. The second-order valence-electron chi connectivity index (χ2n) is 5.82. The molecule has 0 spiro atoms. The summed E-state index contributed by atoms with van der Waals surface area (Å²) in [6.45, 7) is -2.75. The van der Waals surface area contributed by atoms with Gasteiger partial charge in [-0.3, -0.25) is 4.79 Å². The van der Waals surface area contributed by atoms with Crippen LogP contribution in [0.2, 0.25) is 5.15 Å². The highest BCUT2D eigenvalue weighted by atomic mass is 35.5. The molecular formula is C18H18ClN7O4. The molecule has 2 heterocycles. The fraction of sp³-hybridized carbons (Fsp3) is 0.222. The topological polar surface area (TPSA) is 133 Å². The average molecular weight is 435 g/mol. The highest BCUT2D eigenvalue weighted by Crippen LogP contribution is 2.39. The minimum atomic E-state index is -2.75. The van der Waals surface area contributed by atoms with Gasteiger partial charge >= 0.3 is 5.97 Å². The number of hydrogen-bond acceptors (Lipinski definition) is 9. The number of rotatable bonds is 6. The fourth-order valence-corrected chi connectivity index (χ4v) is 2.82. The van der Waals surface area contributed by atoms with Crippen molar-refractivity contribution in [3.63, 3.8) is 0 Å². The van der Waals surface area contributed by atoms with Gasteiger partial charge in [-0.2, -0.15) is 15.0 Å². The SMILES string of the molecule is [2H]C([2H])([2H])NC(=O)c1nnc(Cl)cc1Nc1cc(C(=O)OC)cc(-c2cnn(C)n2)c1OC. The van der Waals surface area contributed by atoms with Crippen molar-refractivity contribution in [3.05, 3.63) is 40.8 Å². The number of nitrogens with one attached hydrogen (secondary N) is 2. The van der Waals surface area contributed by atoms with E-state index in [1.165, 1.54) is 43.4 Å². The number of nitrogens with zero attached hydrogens (tertiary/aromatic N) is 5. The molecule has 0 radical (unpaired) electrons. The Kier molecular flexibility index (Phi) is 5.00. The number of ether oxygens (including phenoxy) is 2. The number of carbonyl (C=O) groups excluding carboxylic acids is 2. The van der Waals surface area contributed by atoms with Crippen LogP contribution >= 0.6 is 11.6 Å². The van der Waals surface area contributed by atoms with Gasteiger partial charge in [0.1, 0.15) is 5.69 Å². The van der Waals surface area contributed by atoms with E-state index in [-0.39, 0.29) is 33.5 Å². The van der Waals surface area contributed by atoms with Crippen molar-refractivity contribution in [1.29, 1.82) is 0 Å². The molecule has 3 aromatic rings. The van der Waals surface area contributed by atoms with Crippen LogP contribution in [0, 0.1) is 0 Å². The van der Waals surface area contributed by atoms with Gasteiger partial charge in [0, 0.05) is 29.8 Å². The highest BCUT2D eigenvalue weighted by molar-refractivity contribution is 6.29. The van der Waals surface area contributed by atoms with Crippen LogP contribution in [0.5, 0.6) is 5.75 Å². The van der Waals surface area contributed by atoms with Gasteiger partial charge in [0.25, 0.3) is 5.91 Å². The molecule has 0 saturated heterocycles. The molecule has 0 aliphatic heterocycles. The van der Waals surface area contributed by atoms with Gasteiger partial charge in [0.05, 0.1) is 37.4 Å². The third-order valence-electron chi connectivity index (χ3n) is 3.95. The molecule has 30 heavy (non-hydrogen) atoms. The van der Waals surface area contributed by atoms with Crippen LogP contribution in [0.15, 0.2) is 24.4 Å². The third kappa shape index (κ3) is 4.15. The molecule has 0 fully saturated rings. The largest absolute Gasteiger partial charge is 0.494 e. The molecule has 156 valence electrons. The first-order valence-electron chi connectivity index (χ1n) is 9.82. The van der Waals surface area contributed by atoms with Crippen molar-refractivity contribution >= 4 is 34.9 Å². The van der Waals surface area contributed by atoms with E-state index >= 15 is 0 Å². The number of esters is 1. The molecule has 0 atom stereocenters. The van der Waals surface area contributed by atoms with Crippen LogP contribution in [0.3, 0.4) is 0 Å². The van der Waals surface area contributed by atoms with E-state index in [1.54, 1.807) is 7.05 Å². The minimum Gasteiger partial charge on any atom is -0.494 e. The number of aromatic nitrogens is 5. The number of carbonyl (C=O) groups is 2. The summed E-state index contributed by atoms with van der Waals surface area (Å²) in [6.07, 6.45) is 1.47. The van der Waals surface area contributed by atoms with Crippen molar-refractivity contribution in [2.45, 2.75) is 0 Å². The molecule has 0 bridgehead atoms. The van der Waals surface area contributed by atoms with Crippen LogP contribution in [0.4, 0.5) is 11.4 Å². The summed E-state index contributed by atoms with van der Waals surface area (Å²) in [5.41, 5.74) is 0.826. The van der Waals surface area contributed by atoms with Crippen molar-refractivity contribution < 1.29 is 23.2 Å². The van der Waals surface area contributed by atoms with E-state index in [4.69, 9.17) is 25.2 Å². The predicted molar refractivity (Wildman–Crippen MR) is 108 cm³/mol. The highest BCUT2D eigenvalue weighted by Gasteiger charge is 2.21. The second-order valence-corrected chi connectivity index (χ2v) is 6.21. The molecule has 1 amide bonds. The zero-order valence-corrected chi connectivity index (χ0v) is 16.8. The number of benzene rings is 1. The van der Waals surface area contributed by atoms with Gasteiger partial charge in [0.2, 0.25) is 0 Å². The van der Waals surface area contributed by atoms with Crippen molar-refractivity contribution in [2.75, 3.05) is 26.5 Å². The Morgan fingerprint density at radius 1 is 1.20 bits per heavy atom. The van der Waals surface area contributed by atoms with E-state index in [2.05, 4.69) is 25.7 Å². The molecule has 0 aliphatic rings. The molecule has 3 rings (SSSR count). The maximum atomic E-state index is 12.5. The molecule has 1 aromatic carbocycles. The molecule has 2 N–H and O–H groups in total. The fourth-order valence-electron chi connectivity index (χ4n) is 2.67. The first-order chi connectivity index (χ1) is 15.5. The average Bonchev–Trinajstić information content (AvgIpc) is 3.17. The maximum absolute atomic E-state index is 12.5. The van der Waals surface area contributed by atoms with Crippen LogP contribution in [0.1, 0.15) is 25.0 Å². The van der Waals surface area contributed by atoms with Gasteiger partial charge in [-0.15, -0.1) is 10.2 Å². The lowest BCUT2D eigenvalue weighted by Gasteiger charge is -2.17. The number of halogens is 1. The number of anilines is 2. The molecule has 11 nitrogen and oxygen atoms in total. The molecular weight excluding hydrogens is 414 g/mol. The molecule has 0 aliphatic carbocycles. The first-order valence-corrected chi connectivity index (χ1v) is 8.70. The molecule has 0 saturated carbocycles. The zero-order chi connectivity index (χ0) is 24.3. The second kappa shape index (κ2) is 8.74. The van der Waals surface area contributed by atoms with Gasteiger partial charge in [0.15, 0.2) is 16.6 Å². The molecule has 0 unspecified atom stereocenters. The summed E-state index contributed by atoms with van der Waals surface area (Å²) in [5.74, 6) is -1.41. The molecule has 12 heteroatoms. The Hall–Kier alpha value is -3.73. The lowest BCUT2D eigenvalue weighted by atomic mass is 10.0. The van der Waals surface area contributed by atoms with Crippen molar-refractivity contribution in [1.82, 2.24) is 30.5 Å². The zero-order valence-electron chi connectivity index (χ0n) is 19.1. The lowest BCUT2D eigenvalue weighted by Crippen LogP contribution is -2.21. The number of amides is 1. The van der Waals surface area contributed by atoms with Crippen molar-refractivity contribution in [3.8, 4) is 17.0 Å². The number of methoxy groups -OCH3 is 2. The van der Waals surface area contributed by atoms with Gasteiger partial charge < -0.3 is 20.1 Å². The van der Waals surface area contributed by atoms with Gasteiger partial charge in [-0.1, -0.05) is 11.6 Å². The van der Waals surface area contributed by atoms with Crippen molar-refractivity contribution in [2.24, 2.45) is 7.05 Å². The maximum Gasteiger partial charge on any atom is 0.337 e. The Labute approximate surface area is 180 Å². The van der Waals surface area contributed by atoms with E-state index in [1.807, 2.05) is 5.32 Å². The summed E-state index contributed by atoms with van der Waals surface area (Å²) < 4.78 is 32.1. The predicted octanol–water partition coefficient (Wildman–Crippen LogP) is 1.82. The smallest absolute Gasteiger partial charge is 0.337 e. The van der Waals surface area contributed by atoms with E-state index < -0.39 is 18.9 Å². The van der Waals surface area contributed by atoms with Gasteiger partial charge in [-0.25, -0.2) is 4.79 Å². The van der Waals surface area contributed by atoms with E-state index in [0.29, 0.717) is 11.3 Å². The standard InChI is InChI=1S/C18H18ClN7O4/c1-20-17(27)15-11(7-14(19)23-24-15)22-12-6-9(18(28)30-4)5-10(16(12)29-3)13-8-21-26(2)25-13/h5-8H,1-4H3,(H,20,27)(H,22,23)/i1D3. The van der Waals surface area contributed by atoms with E-state index in [9.17, 15) is 9.59 Å². The Bertz CT molecular complexity index is 1220. The normalized spacial score (nSPS) is 12.3. The molecule has 2 aromatic heterocycles. The number of hydrogen-bond donors (Lipinski definition) is 2. The lowest BCUT2D eigenvalue weighted by molar-refractivity contribution is 0.0600. The summed E-state index contributed by atoms with van der Waals surface area (Å²) in [7, 11) is 4.25. The summed E-state index contributed by atoms with van der Waals surface area (Å²) in [5, 5.41) is 20.3.